The first kappa shape index (κ1) is 25.7. The van der Waals surface area contributed by atoms with Crippen molar-refractivity contribution in [2.24, 2.45) is 0 Å². The van der Waals surface area contributed by atoms with Crippen molar-refractivity contribution in [2.75, 3.05) is 4.90 Å². The van der Waals surface area contributed by atoms with Crippen LogP contribution in [0.1, 0.15) is 53.1 Å². The van der Waals surface area contributed by atoms with Gasteiger partial charge < -0.3 is 4.74 Å². The summed E-state index contributed by atoms with van der Waals surface area (Å²) in [6, 6.07) is 23.4. The Labute approximate surface area is 232 Å². The van der Waals surface area contributed by atoms with Gasteiger partial charge in [0.1, 0.15) is 0 Å². The maximum Gasteiger partial charge on any atom is 0.339 e. The molecular formula is C29H16Cl3NO5. The zero-order valence-corrected chi connectivity index (χ0v) is 21.6. The van der Waals surface area contributed by atoms with Crippen molar-refractivity contribution >= 4 is 64.1 Å². The van der Waals surface area contributed by atoms with Gasteiger partial charge in [0.2, 0.25) is 5.78 Å². The number of halogens is 3. The zero-order valence-electron chi connectivity index (χ0n) is 19.4. The number of ether oxygens (including phenoxy) is 1. The highest BCUT2D eigenvalue weighted by Crippen LogP contribution is 2.37. The molecular weight excluding hydrogens is 549 g/mol. The average Bonchev–Trinajstić information content (AvgIpc) is 3.18. The molecule has 0 fully saturated rings. The largest absolute Gasteiger partial charge is 0.445 e. The van der Waals surface area contributed by atoms with E-state index in [4.69, 9.17) is 39.5 Å². The van der Waals surface area contributed by atoms with Gasteiger partial charge in [0, 0.05) is 16.1 Å². The molecule has 4 aromatic rings. The van der Waals surface area contributed by atoms with Crippen molar-refractivity contribution in [3.63, 3.8) is 0 Å². The highest BCUT2D eigenvalue weighted by molar-refractivity contribution is 6.46. The minimum atomic E-state index is -1.27. The number of benzene rings is 4. The molecule has 0 spiro atoms. The minimum absolute atomic E-state index is 0.00192. The molecule has 0 saturated heterocycles. The predicted octanol–water partition coefficient (Wildman–Crippen LogP) is 7.23. The van der Waals surface area contributed by atoms with Crippen molar-refractivity contribution in [2.45, 2.75) is 6.10 Å². The Balaban J connectivity index is 1.46. The summed E-state index contributed by atoms with van der Waals surface area (Å²) < 4.78 is 5.67. The molecule has 0 aliphatic carbocycles. The summed E-state index contributed by atoms with van der Waals surface area (Å²) >= 11 is 18.3. The van der Waals surface area contributed by atoms with E-state index in [-0.39, 0.29) is 32.4 Å². The Morgan fingerprint density at radius 3 is 2.11 bits per heavy atom. The number of hydrogen-bond donors (Lipinski definition) is 0. The number of amides is 2. The topological polar surface area (TPSA) is 80.8 Å². The number of ketones is 1. The van der Waals surface area contributed by atoms with Gasteiger partial charge in [-0.2, -0.15) is 0 Å². The van der Waals surface area contributed by atoms with E-state index in [0.29, 0.717) is 16.1 Å². The summed E-state index contributed by atoms with van der Waals surface area (Å²) in [6.45, 7) is 0. The number of hydrogen-bond acceptors (Lipinski definition) is 5. The highest BCUT2D eigenvalue weighted by atomic mass is 35.5. The van der Waals surface area contributed by atoms with E-state index in [2.05, 4.69) is 0 Å². The molecule has 1 aliphatic heterocycles. The van der Waals surface area contributed by atoms with E-state index in [1.807, 2.05) is 0 Å². The maximum absolute atomic E-state index is 13.3. The van der Waals surface area contributed by atoms with Gasteiger partial charge in [0.15, 0.2) is 6.10 Å². The first-order chi connectivity index (χ1) is 18.3. The summed E-state index contributed by atoms with van der Waals surface area (Å²) in [5.74, 6) is -2.56. The van der Waals surface area contributed by atoms with Gasteiger partial charge in [0.25, 0.3) is 11.8 Å². The molecule has 0 radical (unpaired) electrons. The lowest BCUT2D eigenvalue weighted by Gasteiger charge is -2.18. The molecule has 0 aromatic heterocycles. The minimum Gasteiger partial charge on any atom is -0.445 e. The molecule has 1 aliphatic rings. The van der Waals surface area contributed by atoms with Crippen LogP contribution in [0.3, 0.4) is 0 Å². The van der Waals surface area contributed by atoms with Crippen LogP contribution in [0, 0.1) is 0 Å². The molecule has 38 heavy (non-hydrogen) atoms. The first-order valence-electron chi connectivity index (χ1n) is 11.3. The van der Waals surface area contributed by atoms with Crippen molar-refractivity contribution in [3.8, 4) is 0 Å². The first-order valence-corrected chi connectivity index (χ1v) is 12.4. The van der Waals surface area contributed by atoms with Crippen LogP contribution in [-0.4, -0.2) is 23.6 Å². The molecule has 9 heteroatoms. The molecule has 4 aromatic carbocycles. The summed E-state index contributed by atoms with van der Waals surface area (Å²) in [5, 5.41) is 0.687. The number of rotatable bonds is 6. The third-order valence-corrected chi connectivity index (χ3v) is 7.05. The Bertz CT molecular complexity index is 1600. The lowest BCUT2D eigenvalue weighted by molar-refractivity contribution is 0.0280. The Hall–Kier alpha value is -3.97. The molecule has 0 saturated carbocycles. The summed E-state index contributed by atoms with van der Waals surface area (Å²) in [4.78, 5) is 53.6. The predicted molar refractivity (Wildman–Crippen MR) is 144 cm³/mol. The lowest BCUT2D eigenvalue weighted by Crippen LogP contribution is -2.29. The number of carbonyl (C=O) groups excluding carboxylic acids is 4. The van der Waals surface area contributed by atoms with Gasteiger partial charge in [-0.3, -0.25) is 14.4 Å². The molecule has 1 heterocycles. The van der Waals surface area contributed by atoms with Crippen LogP contribution in [0.5, 0.6) is 0 Å². The number of carbonyl (C=O) groups is 4. The van der Waals surface area contributed by atoms with Crippen LogP contribution in [0.15, 0.2) is 91.0 Å². The zero-order chi connectivity index (χ0) is 27.0. The smallest absolute Gasteiger partial charge is 0.339 e. The highest BCUT2D eigenvalue weighted by Gasteiger charge is 2.39. The molecule has 5 rings (SSSR count). The second kappa shape index (κ2) is 10.4. The Kier molecular flexibility index (Phi) is 7.04. The quantitative estimate of drug-likeness (QED) is 0.140. The van der Waals surface area contributed by atoms with Crippen LogP contribution in [-0.2, 0) is 4.74 Å². The molecule has 2 amide bonds. The number of esters is 1. The average molecular weight is 565 g/mol. The van der Waals surface area contributed by atoms with E-state index in [1.54, 1.807) is 60.7 Å². The van der Waals surface area contributed by atoms with E-state index >= 15 is 0 Å². The number of anilines is 1. The summed E-state index contributed by atoms with van der Waals surface area (Å²) in [6.07, 6.45) is -1.27. The van der Waals surface area contributed by atoms with Crippen molar-refractivity contribution in [1.29, 1.82) is 0 Å². The van der Waals surface area contributed by atoms with E-state index < -0.39 is 29.7 Å². The van der Waals surface area contributed by atoms with Crippen LogP contribution in [0.4, 0.5) is 5.69 Å². The standard InChI is InChI=1S/C29H16Cl3NO5/c30-19-12-9-17(10-13-19)26(25(34)16-5-2-1-3-6-16)38-29(37)18-11-14-20-21(15-18)28(36)33(27(20)35)23-8-4-7-22(31)24(23)32/h1-15,26H/t26-/m1/s1. The van der Waals surface area contributed by atoms with Crippen LogP contribution >= 0.6 is 34.8 Å². The van der Waals surface area contributed by atoms with Gasteiger partial charge in [-0.05, 0) is 42.5 Å². The fraction of sp³-hybridized carbons (Fsp3) is 0.0345. The fourth-order valence-corrected chi connectivity index (χ4v) is 4.60. The third kappa shape index (κ3) is 4.70. The van der Waals surface area contributed by atoms with E-state index in [0.717, 1.165) is 4.90 Å². The van der Waals surface area contributed by atoms with Crippen molar-refractivity contribution in [1.82, 2.24) is 0 Å². The summed E-state index contributed by atoms with van der Waals surface area (Å²) in [7, 11) is 0. The third-order valence-electron chi connectivity index (χ3n) is 5.99. The van der Waals surface area contributed by atoms with Crippen LogP contribution < -0.4 is 4.90 Å². The number of nitrogens with zero attached hydrogens (tertiary/aromatic N) is 1. The number of Topliss-reactive ketones (excluding diaryl/α,β-unsaturated/α-hetero) is 1. The monoisotopic (exact) mass is 563 g/mol. The van der Waals surface area contributed by atoms with Gasteiger partial charge in [-0.15, -0.1) is 0 Å². The van der Waals surface area contributed by atoms with Crippen LogP contribution in [0.2, 0.25) is 15.1 Å². The van der Waals surface area contributed by atoms with Crippen LogP contribution in [0.25, 0.3) is 0 Å². The number of fused-ring (bicyclic) bond motifs is 1. The van der Waals surface area contributed by atoms with Gasteiger partial charge in [-0.25, -0.2) is 9.69 Å². The Morgan fingerprint density at radius 2 is 1.39 bits per heavy atom. The summed E-state index contributed by atoms with van der Waals surface area (Å²) in [5.41, 5.74) is 0.986. The van der Waals surface area contributed by atoms with Gasteiger partial charge >= 0.3 is 5.97 Å². The van der Waals surface area contributed by atoms with Crippen molar-refractivity contribution < 1.29 is 23.9 Å². The van der Waals surface area contributed by atoms with E-state index in [1.165, 1.54) is 30.3 Å². The SMILES string of the molecule is O=C(O[C@@H](C(=O)c1ccccc1)c1ccc(Cl)cc1)c1ccc2c(c1)C(=O)N(c1cccc(Cl)c1Cl)C2=O. The molecule has 6 nitrogen and oxygen atoms in total. The Morgan fingerprint density at radius 1 is 0.711 bits per heavy atom. The maximum atomic E-state index is 13.3. The molecule has 0 bridgehead atoms. The molecule has 188 valence electrons. The fourth-order valence-electron chi connectivity index (χ4n) is 4.09. The molecule has 1 atom stereocenters. The molecule has 0 unspecified atom stereocenters. The molecule has 0 N–H and O–H groups in total. The van der Waals surface area contributed by atoms with E-state index in [9.17, 15) is 19.2 Å². The number of imide groups is 1. The van der Waals surface area contributed by atoms with Crippen molar-refractivity contribution in [3.05, 3.63) is 134 Å². The van der Waals surface area contributed by atoms with Gasteiger partial charge in [-0.1, -0.05) is 83.3 Å². The lowest BCUT2D eigenvalue weighted by atomic mass is 9.99. The van der Waals surface area contributed by atoms with Gasteiger partial charge in [0.05, 0.1) is 32.4 Å². The second-order valence-electron chi connectivity index (χ2n) is 8.35. The normalized spacial score (nSPS) is 13.3. The second-order valence-corrected chi connectivity index (χ2v) is 9.57.